The first-order chi connectivity index (χ1) is 8.70. The number of carbonyl (C=O) groups excluding carboxylic acids is 1. The quantitative estimate of drug-likeness (QED) is 0.710. The fourth-order valence-corrected chi connectivity index (χ4v) is 4.27. The largest absolute Gasteiger partial charge is 0.467 e. The van der Waals surface area contributed by atoms with Crippen molar-refractivity contribution in [1.29, 1.82) is 0 Å². The van der Waals surface area contributed by atoms with Gasteiger partial charge >= 0.3 is 5.97 Å². The lowest BCUT2D eigenvalue weighted by atomic mass is 9.74. The Hall–Kier alpha value is -1.35. The van der Waals surface area contributed by atoms with Crippen molar-refractivity contribution in [1.82, 2.24) is 0 Å². The van der Waals surface area contributed by atoms with Crippen LogP contribution < -0.4 is 0 Å². The number of fused-ring (bicyclic) bond motifs is 2. The summed E-state index contributed by atoms with van der Waals surface area (Å²) < 4.78 is 11.2. The third-order valence-electron chi connectivity index (χ3n) is 5.01. The minimum Gasteiger partial charge on any atom is -0.467 e. The molecular formula is C15H16O3. The Morgan fingerprint density at radius 1 is 1.39 bits per heavy atom. The van der Waals surface area contributed by atoms with Crippen molar-refractivity contribution in [2.75, 3.05) is 7.11 Å². The number of ether oxygens (including phenoxy) is 2. The Kier molecular flexibility index (Phi) is 1.85. The maximum absolute atomic E-state index is 12.0. The molecule has 2 heterocycles. The van der Waals surface area contributed by atoms with E-state index in [4.69, 9.17) is 9.47 Å². The number of hydrogen-bond acceptors (Lipinski definition) is 3. The fourth-order valence-electron chi connectivity index (χ4n) is 4.27. The van der Waals surface area contributed by atoms with Gasteiger partial charge in [0.05, 0.1) is 12.7 Å². The first kappa shape index (κ1) is 10.6. The Morgan fingerprint density at radius 3 is 3.06 bits per heavy atom. The lowest BCUT2D eigenvalue weighted by molar-refractivity contribution is -0.166. The van der Waals surface area contributed by atoms with E-state index in [1.165, 1.54) is 18.2 Å². The van der Waals surface area contributed by atoms with Crippen LogP contribution in [0.5, 0.6) is 0 Å². The normalized spacial score (nSPS) is 39.5. The van der Waals surface area contributed by atoms with E-state index in [1.807, 2.05) is 0 Å². The van der Waals surface area contributed by atoms with Crippen molar-refractivity contribution >= 4 is 5.97 Å². The number of rotatable bonds is 1. The zero-order valence-corrected chi connectivity index (χ0v) is 10.4. The molecule has 0 saturated carbocycles. The molecule has 94 valence electrons. The van der Waals surface area contributed by atoms with Crippen LogP contribution in [0.25, 0.3) is 0 Å². The number of hydrogen-bond donors (Lipinski definition) is 0. The van der Waals surface area contributed by atoms with Crippen molar-refractivity contribution < 1.29 is 14.3 Å². The van der Waals surface area contributed by atoms with Crippen LogP contribution in [-0.2, 0) is 26.3 Å². The van der Waals surface area contributed by atoms with Gasteiger partial charge in [-0.15, -0.1) is 0 Å². The van der Waals surface area contributed by atoms with Crippen LogP contribution in [-0.4, -0.2) is 18.7 Å². The van der Waals surface area contributed by atoms with E-state index in [9.17, 15) is 4.79 Å². The van der Waals surface area contributed by atoms with E-state index < -0.39 is 5.60 Å². The van der Waals surface area contributed by atoms with Gasteiger partial charge in [0.1, 0.15) is 0 Å². The van der Waals surface area contributed by atoms with Gasteiger partial charge in [0.2, 0.25) is 0 Å². The molecule has 0 N–H and O–H groups in total. The monoisotopic (exact) mass is 244 g/mol. The van der Waals surface area contributed by atoms with Crippen LogP contribution in [0.2, 0.25) is 0 Å². The van der Waals surface area contributed by atoms with Gasteiger partial charge in [-0.3, -0.25) is 0 Å². The molecule has 1 aromatic carbocycles. The molecule has 3 nitrogen and oxygen atoms in total. The molecule has 0 radical (unpaired) electrons. The van der Waals surface area contributed by atoms with Gasteiger partial charge in [-0.1, -0.05) is 24.3 Å². The molecule has 1 aromatic rings. The third kappa shape index (κ3) is 1.02. The van der Waals surface area contributed by atoms with Crippen LogP contribution in [0.15, 0.2) is 24.3 Å². The second-order valence-corrected chi connectivity index (χ2v) is 5.74. The molecule has 2 fully saturated rings. The zero-order valence-electron chi connectivity index (χ0n) is 10.4. The SMILES string of the molecule is COC(=O)[C@@]12CC[C@]3(O1)c1ccccc1CC3C2. The van der Waals surface area contributed by atoms with Crippen LogP contribution >= 0.6 is 0 Å². The molecule has 1 aliphatic carbocycles. The van der Waals surface area contributed by atoms with E-state index >= 15 is 0 Å². The number of benzene rings is 1. The summed E-state index contributed by atoms with van der Waals surface area (Å²) in [7, 11) is 1.45. The van der Waals surface area contributed by atoms with E-state index in [0.717, 1.165) is 25.7 Å². The molecule has 3 aliphatic rings. The molecule has 1 spiro atoms. The smallest absolute Gasteiger partial charge is 0.338 e. The van der Waals surface area contributed by atoms with Gasteiger partial charge in [-0.2, -0.15) is 0 Å². The fraction of sp³-hybridized carbons (Fsp3) is 0.533. The molecule has 3 atom stereocenters. The lowest BCUT2D eigenvalue weighted by Crippen LogP contribution is -2.37. The second kappa shape index (κ2) is 3.15. The summed E-state index contributed by atoms with van der Waals surface area (Å²) in [5.74, 6) is 0.258. The van der Waals surface area contributed by atoms with E-state index in [1.54, 1.807) is 0 Å². The Morgan fingerprint density at radius 2 is 2.22 bits per heavy atom. The highest BCUT2D eigenvalue weighted by Gasteiger charge is 2.67. The maximum atomic E-state index is 12.0. The van der Waals surface area contributed by atoms with Gasteiger partial charge in [-0.25, -0.2) is 4.79 Å². The van der Waals surface area contributed by atoms with Crippen molar-refractivity contribution in [3.8, 4) is 0 Å². The third-order valence-corrected chi connectivity index (χ3v) is 5.01. The number of methoxy groups -OCH3 is 1. The summed E-state index contributed by atoms with van der Waals surface area (Å²) in [4.78, 5) is 12.0. The zero-order chi connectivity index (χ0) is 12.4. The highest BCUT2D eigenvalue weighted by molar-refractivity contribution is 5.81. The van der Waals surface area contributed by atoms with Gasteiger partial charge in [0.15, 0.2) is 5.60 Å². The first-order valence-corrected chi connectivity index (χ1v) is 6.57. The van der Waals surface area contributed by atoms with Crippen molar-refractivity contribution in [2.24, 2.45) is 5.92 Å². The Labute approximate surface area is 106 Å². The van der Waals surface area contributed by atoms with Crippen molar-refractivity contribution in [2.45, 2.75) is 36.9 Å². The minimum atomic E-state index is -0.660. The second-order valence-electron chi connectivity index (χ2n) is 5.74. The van der Waals surface area contributed by atoms with Gasteiger partial charge in [-0.05, 0) is 42.7 Å². The van der Waals surface area contributed by atoms with Crippen molar-refractivity contribution in [3.05, 3.63) is 35.4 Å². The van der Waals surface area contributed by atoms with E-state index in [-0.39, 0.29) is 11.6 Å². The van der Waals surface area contributed by atoms with Gasteiger partial charge in [0.25, 0.3) is 0 Å². The number of carbonyl (C=O) groups is 1. The standard InChI is InChI=1S/C15H16O3/c1-17-13(16)14-6-7-15(18-14)11(9-14)8-10-4-2-3-5-12(10)15/h2-5,11H,6-9H2,1H3/t11?,14-,15+/m0/s1. The number of esters is 1. The molecule has 2 bridgehead atoms. The lowest BCUT2D eigenvalue weighted by Gasteiger charge is -2.26. The van der Waals surface area contributed by atoms with E-state index in [0.29, 0.717) is 5.92 Å². The van der Waals surface area contributed by atoms with Crippen LogP contribution in [0, 0.1) is 5.92 Å². The van der Waals surface area contributed by atoms with Crippen LogP contribution in [0.4, 0.5) is 0 Å². The average Bonchev–Trinajstić information content (AvgIpc) is 3.02. The van der Waals surface area contributed by atoms with Crippen LogP contribution in [0.3, 0.4) is 0 Å². The summed E-state index contributed by atoms with van der Waals surface area (Å²) in [6, 6.07) is 8.49. The Balaban J connectivity index is 1.81. The molecule has 0 amide bonds. The molecule has 1 unspecified atom stereocenters. The molecule has 18 heavy (non-hydrogen) atoms. The highest BCUT2D eigenvalue weighted by Crippen LogP contribution is 2.64. The predicted molar refractivity (Wildman–Crippen MR) is 65.0 cm³/mol. The summed E-state index contributed by atoms with van der Waals surface area (Å²) in [5.41, 5.74) is 1.83. The molecule has 2 aliphatic heterocycles. The van der Waals surface area contributed by atoms with Crippen molar-refractivity contribution in [3.63, 3.8) is 0 Å². The van der Waals surface area contributed by atoms with Gasteiger partial charge < -0.3 is 9.47 Å². The first-order valence-electron chi connectivity index (χ1n) is 6.57. The summed E-state index contributed by atoms with van der Waals surface area (Å²) in [6.07, 6.45) is 3.59. The summed E-state index contributed by atoms with van der Waals surface area (Å²) >= 11 is 0. The van der Waals surface area contributed by atoms with Gasteiger partial charge in [0, 0.05) is 0 Å². The average molecular weight is 244 g/mol. The summed E-state index contributed by atoms with van der Waals surface area (Å²) in [6.45, 7) is 0. The van der Waals surface area contributed by atoms with Crippen LogP contribution in [0.1, 0.15) is 30.4 Å². The Bertz CT molecular complexity index is 538. The van der Waals surface area contributed by atoms with E-state index in [2.05, 4.69) is 24.3 Å². The topological polar surface area (TPSA) is 35.5 Å². The molecule has 2 saturated heterocycles. The maximum Gasteiger partial charge on any atom is 0.338 e. The predicted octanol–water partition coefficient (Wildman–Crippen LogP) is 2.18. The molecule has 4 rings (SSSR count). The summed E-state index contributed by atoms with van der Waals surface area (Å²) in [5, 5.41) is 0. The molecule has 3 heteroatoms. The molecule has 0 aromatic heterocycles. The highest BCUT2D eigenvalue weighted by atomic mass is 16.6. The molecular weight excluding hydrogens is 228 g/mol. The minimum absolute atomic E-state index is 0.189.